The molecule has 0 aliphatic carbocycles. The van der Waals surface area contributed by atoms with Gasteiger partial charge in [-0.1, -0.05) is 0 Å². The van der Waals surface area contributed by atoms with E-state index in [9.17, 15) is 9.59 Å². The van der Waals surface area contributed by atoms with Gasteiger partial charge in [0.25, 0.3) is 11.8 Å². The van der Waals surface area contributed by atoms with Crippen LogP contribution in [0, 0.1) is 0 Å². The number of benzene rings is 1. The van der Waals surface area contributed by atoms with Gasteiger partial charge in [-0.3, -0.25) is 9.59 Å². The number of carbonyl (C=O) groups is 2. The van der Waals surface area contributed by atoms with Gasteiger partial charge in [0.15, 0.2) is 0 Å². The lowest BCUT2D eigenvalue weighted by molar-refractivity contribution is 0.0949. The summed E-state index contributed by atoms with van der Waals surface area (Å²) in [4.78, 5) is 30.8. The summed E-state index contributed by atoms with van der Waals surface area (Å²) in [5.74, 6) is -0.391. The second-order valence-electron chi connectivity index (χ2n) is 6.17. The lowest BCUT2D eigenvalue weighted by atomic mass is 10.2. The number of anilines is 1. The maximum atomic E-state index is 12.2. The van der Waals surface area contributed by atoms with Crippen LogP contribution in [0.5, 0.6) is 0 Å². The molecule has 1 aliphatic heterocycles. The molecule has 0 spiro atoms. The van der Waals surface area contributed by atoms with E-state index in [1.807, 2.05) is 0 Å². The number of nitrogens with zero attached hydrogens (tertiary/aromatic N) is 2. The number of nitrogens with one attached hydrogen (secondary N) is 2. The zero-order valence-corrected chi connectivity index (χ0v) is 15.3. The maximum Gasteiger partial charge on any atom is 0.275 e. The Morgan fingerprint density at radius 3 is 2.54 bits per heavy atom. The van der Waals surface area contributed by atoms with Crippen LogP contribution < -0.4 is 16.4 Å². The molecule has 26 heavy (non-hydrogen) atoms. The number of amides is 2. The van der Waals surface area contributed by atoms with E-state index >= 15 is 0 Å². The average Bonchev–Trinajstić information content (AvgIpc) is 3.34. The molecule has 2 aromatic rings. The van der Waals surface area contributed by atoms with Crippen LogP contribution in [0.15, 0.2) is 29.6 Å². The highest BCUT2D eigenvalue weighted by Crippen LogP contribution is 2.14. The molecule has 2 amide bonds. The minimum Gasteiger partial charge on any atom is -0.351 e. The molecule has 0 saturated carbocycles. The largest absolute Gasteiger partial charge is 0.351 e. The minimum absolute atomic E-state index is 0.103. The molecule has 0 bridgehead atoms. The number of carbonyl (C=O) groups excluding carboxylic acids is 2. The Balaban J connectivity index is 1.49. The SMILES string of the molecule is NCc1nc(C(=O)Nc2ccc(C(=O)NCCN3CCCC3)cc2)cs1. The lowest BCUT2D eigenvalue weighted by Gasteiger charge is -2.14. The molecule has 0 radical (unpaired) electrons. The van der Waals surface area contributed by atoms with Crippen LogP contribution in [-0.2, 0) is 6.54 Å². The Labute approximate surface area is 156 Å². The maximum absolute atomic E-state index is 12.2. The van der Waals surface area contributed by atoms with Gasteiger partial charge >= 0.3 is 0 Å². The van der Waals surface area contributed by atoms with Crippen LogP contribution in [0.2, 0.25) is 0 Å². The Morgan fingerprint density at radius 1 is 1.15 bits per heavy atom. The number of nitrogens with two attached hydrogens (primary N) is 1. The van der Waals surface area contributed by atoms with Crippen molar-refractivity contribution in [3.8, 4) is 0 Å². The van der Waals surface area contributed by atoms with Crippen molar-refractivity contribution < 1.29 is 9.59 Å². The van der Waals surface area contributed by atoms with Crippen molar-refractivity contribution >= 4 is 28.8 Å². The predicted octanol–water partition coefficient (Wildman–Crippen LogP) is 1.68. The molecule has 7 nitrogen and oxygen atoms in total. The zero-order chi connectivity index (χ0) is 18.4. The summed E-state index contributed by atoms with van der Waals surface area (Å²) in [6.07, 6.45) is 2.49. The van der Waals surface area contributed by atoms with Gasteiger partial charge in [-0.2, -0.15) is 0 Å². The van der Waals surface area contributed by atoms with E-state index in [4.69, 9.17) is 5.73 Å². The van der Waals surface area contributed by atoms with Crippen molar-refractivity contribution in [3.63, 3.8) is 0 Å². The van der Waals surface area contributed by atoms with Crippen molar-refractivity contribution in [2.75, 3.05) is 31.5 Å². The Kier molecular flexibility index (Phi) is 6.32. The summed E-state index contributed by atoms with van der Waals surface area (Å²) in [6.45, 7) is 4.09. The Bertz CT molecular complexity index is 753. The number of aromatic nitrogens is 1. The number of thiazole rings is 1. The Morgan fingerprint density at radius 2 is 1.88 bits per heavy atom. The van der Waals surface area contributed by atoms with Gasteiger partial charge < -0.3 is 21.3 Å². The quantitative estimate of drug-likeness (QED) is 0.686. The monoisotopic (exact) mass is 373 g/mol. The fourth-order valence-electron chi connectivity index (χ4n) is 2.84. The van der Waals surface area contributed by atoms with Crippen molar-refractivity contribution in [2.45, 2.75) is 19.4 Å². The first-order valence-corrected chi connectivity index (χ1v) is 9.60. The standard InChI is InChI=1S/C18H23N5O2S/c19-11-16-22-15(12-26-16)18(25)21-14-5-3-13(4-6-14)17(24)20-7-10-23-8-1-2-9-23/h3-6,12H,1-2,7-11,19H2,(H,20,24)(H,21,25). The number of rotatable bonds is 7. The summed E-state index contributed by atoms with van der Waals surface area (Å²) >= 11 is 1.36. The molecule has 2 heterocycles. The van der Waals surface area contributed by atoms with Gasteiger partial charge in [-0.05, 0) is 50.2 Å². The molecule has 138 valence electrons. The van der Waals surface area contributed by atoms with Crippen LogP contribution in [0.25, 0.3) is 0 Å². The first-order valence-electron chi connectivity index (χ1n) is 8.72. The third-order valence-corrected chi connectivity index (χ3v) is 5.15. The fourth-order valence-corrected chi connectivity index (χ4v) is 3.50. The van der Waals surface area contributed by atoms with Gasteiger partial charge in [0.1, 0.15) is 10.7 Å². The highest BCUT2D eigenvalue weighted by Gasteiger charge is 2.13. The molecule has 0 atom stereocenters. The average molecular weight is 373 g/mol. The van der Waals surface area contributed by atoms with E-state index in [2.05, 4.69) is 20.5 Å². The summed E-state index contributed by atoms with van der Waals surface area (Å²) in [5.41, 5.74) is 7.04. The molecular formula is C18H23N5O2S. The topological polar surface area (TPSA) is 100 Å². The molecule has 1 aliphatic rings. The van der Waals surface area contributed by atoms with Gasteiger partial charge in [0.05, 0.1) is 0 Å². The summed E-state index contributed by atoms with van der Waals surface area (Å²) < 4.78 is 0. The number of hydrogen-bond acceptors (Lipinski definition) is 6. The van der Waals surface area contributed by atoms with E-state index in [0.29, 0.717) is 30.0 Å². The van der Waals surface area contributed by atoms with Gasteiger partial charge in [0, 0.05) is 36.3 Å². The van der Waals surface area contributed by atoms with E-state index < -0.39 is 0 Å². The smallest absolute Gasteiger partial charge is 0.275 e. The molecule has 1 aromatic heterocycles. The van der Waals surface area contributed by atoms with E-state index in [1.54, 1.807) is 29.6 Å². The van der Waals surface area contributed by atoms with Crippen LogP contribution in [0.4, 0.5) is 5.69 Å². The van der Waals surface area contributed by atoms with Crippen LogP contribution in [-0.4, -0.2) is 47.9 Å². The molecular weight excluding hydrogens is 350 g/mol. The van der Waals surface area contributed by atoms with Crippen molar-refractivity contribution in [1.29, 1.82) is 0 Å². The zero-order valence-electron chi connectivity index (χ0n) is 14.5. The minimum atomic E-state index is -0.288. The van der Waals surface area contributed by atoms with E-state index in [-0.39, 0.29) is 11.8 Å². The fraction of sp³-hybridized carbons (Fsp3) is 0.389. The molecule has 4 N–H and O–H groups in total. The summed E-state index contributed by atoms with van der Waals surface area (Å²) in [5, 5.41) is 8.10. The van der Waals surface area contributed by atoms with E-state index in [1.165, 1.54) is 24.2 Å². The van der Waals surface area contributed by atoms with Gasteiger partial charge in [-0.25, -0.2) is 4.98 Å². The molecule has 1 aromatic carbocycles. The third kappa shape index (κ3) is 4.87. The van der Waals surface area contributed by atoms with Crippen LogP contribution >= 0.6 is 11.3 Å². The van der Waals surface area contributed by atoms with Gasteiger partial charge in [0.2, 0.25) is 0 Å². The van der Waals surface area contributed by atoms with Gasteiger partial charge in [-0.15, -0.1) is 11.3 Å². The summed E-state index contributed by atoms with van der Waals surface area (Å²) in [6, 6.07) is 6.83. The molecule has 3 rings (SSSR count). The van der Waals surface area contributed by atoms with Crippen LogP contribution in [0.1, 0.15) is 38.7 Å². The summed E-state index contributed by atoms with van der Waals surface area (Å²) in [7, 11) is 0. The molecule has 1 fully saturated rings. The highest BCUT2D eigenvalue weighted by atomic mass is 32.1. The second kappa shape index (κ2) is 8.88. The lowest BCUT2D eigenvalue weighted by Crippen LogP contribution is -2.33. The van der Waals surface area contributed by atoms with Crippen molar-refractivity contribution in [2.24, 2.45) is 5.73 Å². The highest BCUT2D eigenvalue weighted by molar-refractivity contribution is 7.09. The van der Waals surface area contributed by atoms with E-state index in [0.717, 1.165) is 24.6 Å². The predicted molar refractivity (Wildman–Crippen MR) is 102 cm³/mol. The molecule has 1 saturated heterocycles. The Hall–Kier alpha value is -2.29. The van der Waals surface area contributed by atoms with Crippen LogP contribution in [0.3, 0.4) is 0 Å². The second-order valence-corrected chi connectivity index (χ2v) is 7.11. The first-order chi connectivity index (χ1) is 12.7. The first kappa shape index (κ1) is 18.5. The molecule has 0 unspecified atom stereocenters. The number of hydrogen-bond donors (Lipinski definition) is 3. The normalized spacial score (nSPS) is 14.3. The molecule has 8 heteroatoms. The van der Waals surface area contributed by atoms with Crippen molar-refractivity contribution in [1.82, 2.24) is 15.2 Å². The number of likely N-dealkylation sites (tertiary alicyclic amines) is 1. The third-order valence-electron chi connectivity index (χ3n) is 4.28. The van der Waals surface area contributed by atoms with Crippen molar-refractivity contribution in [3.05, 3.63) is 45.9 Å².